The first-order valence-electron chi connectivity index (χ1n) is 7.69. The fourth-order valence-corrected chi connectivity index (χ4v) is 2.18. The van der Waals surface area contributed by atoms with Gasteiger partial charge in [-0.2, -0.15) is 0 Å². The van der Waals surface area contributed by atoms with Crippen LogP contribution in [-0.4, -0.2) is 31.9 Å². The number of amides is 1. The number of ether oxygens (including phenoxy) is 2. The molecule has 1 aliphatic heterocycles. The number of carbonyl (C=O) groups is 1. The Balaban J connectivity index is 1.75. The van der Waals surface area contributed by atoms with Crippen molar-refractivity contribution < 1.29 is 14.3 Å². The summed E-state index contributed by atoms with van der Waals surface area (Å²) in [5.41, 5.74) is 0.719. The molecule has 1 heterocycles. The molecule has 1 aromatic rings. The zero-order valence-corrected chi connectivity index (χ0v) is 12.6. The molecule has 0 bridgehead atoms. The van der Waals surface area contributed by atoms with Gasteiger partial charge in [0.05, 0.1) is 6.61 Å². The highest BCUT2D eigenvalue weighted by molar-refractivity contribution is 5.84. The predicted octanol–water partition coefficient (Wildman–Crippen LogP) is 3.17. The maximum atomic E-state index is 11.8. The molecule has 0 aromatic heterocycles. The third kappa shape index (κ3) is 5.63. The number of piperidine rings is 1. The summed E-state index contributed by atoms with van der Waals surface area (Å²) in [6.07, 6.45) is 3.53. The normalized spacial score (nSPS) is 15.5. The zero-order chi connectivity index (χ0) is 14.9. The molecule has 1 saturated heterocycles. The molecular weight excluding hydrogens is 268 g/mol. The zero-order valence-electron chi connectivity index (χ0n) is 12.6. The molecule has 5 nitrogen and oxygen atoms in total. The van der Waals surface area contributed by atoms with Gasteiger partial charge in [-0.05, 0) is 56.6 Å². The maximum absolute atomic E-state index is 11.8. The molecule has 2 N–H and O–H groups in total. The quantitative estimate of drug-likeness (QED) is 0.791. The van der Waals surface area contributed by atoms with Crippen LogP contribution in [0.1, 0.15) is 32.6 Å². The predicted molar refractivity (Wildman–Crippen MR) is 82.8 cm³/mol. The van der Waals surface area contributed by atoms with Crippen molar-refractivity contribution in [1.29, 1.82) is 0 Å². The number of benzene rings is 1. The summed E-state index contributed by atoms with van der Waals surface area (Å²) in [5, 5.41) is 5.99. The van der Waals surface area contributed by atoms with Gasteiger partial charge < -0.3 is 14.8 Å². The molecule has 0 unspecified atom stereocenters. The van der Waals surface area contributed by atoms with E-state index in [1.54, 1.807) is 0 Å². The molecule has 116 valence electrons. The van der Waals surface area contributed by atoms with Crippen LogP contribution < -0.4 is 15.4 Å². The molecular formula is C16H24N2O3. The molecule has 0 aliphatic carbocycles. The van der Waals surface area contributed by atoms with Crippen LogP contribution >= 0.6 is 0 Å². The Labute approximate surface area is 126 Å². The summed E-state index contributed by atoms with van der Waals surface area (Å²) < 4.78 is 11.0. The lowest BCUT2D eigenvalue weighted by Gasteiger charge is -2.22. The van der Waals surface area contributed by atoms with Crippen LogP contribution in [0.25, 0.3) is 0 Å². The monoisotopic (exact) mass is 292 g/mol. The molecule has 0 spiro atoms. The Bertz CT molecular complexity index is 428. The summed E-state index contributed by atoms with van der Waals surface area (Å²) in [6, 6.07) is 7.36. The minimum absolute atomic E-state index is 0.0166. The van der Waals surface area contributed by atoms with E-state index in [4.69, 9.17) is 9.47 Å². The van der Waals surface area contributed by atoms with Gasteiger partial charge in [0.2, 0.25) is 0 Å². The van der Waals surface area contributed by atoms with E-state index < -0.39 is 0 Å². The number of hydrogen-bond acceptors (Lipinski definition) is 4. The number of carbonyl (C=O) groups excluding carboxylic acids is 1. The second-order valence-corrected chi connectivity index (χ2v) is 5.21. The van der Waals surface area contributed by atoms with Crippen molar-refractivity contribution >= 4 is 11.8 Å². The van der Waals surface area contributed by atoms with E-state index in [-0.39, 0.29) is 12.2 Å². The van der Waals surface area contributed by atoms with Gasteiger partial charge in [-0.25, -0.2) is 4.79 Å². The second kappa shape index (κ2) is 8.52. The Morgan fingerprint density at radius 2 is 2.00 bits per heavy atom. The van der Waals surface area contributed by atoms with E-state index in [0.717, 1.165) is 56.8 Å². The summed E-state index contributed by atoms with van der Waals surface area (Å²) in [6.45, 7) is 4.66. The van der Waals surface area contributed by atoms with Crippen molar-refractivity contribution in [2.24, 2.45) is 0 Å². The smallest absolute Gasteiger partial charge is 0.411 e. The van der Waals surface area contributed by atoms with Gasteiger partial charge in [-0.3, -0.25) is 5.32 Å². The highest BCUT2D eigenvalue weighted by Crippen LogP contribution is 2.17. The largest absolute Gasteiger partial charge is 0.494 e. The average molecular weight is 292 g/mol. The molecule has 0 radical (unpaired) electrons. The van der Waals surface area contributed by atoms with Crippen molar-refractivity contribution in [3.05, 3.63) is 24.3 Å². The van der Waals surface area contributed by atoms with E-state index in [2.05, 4.69) is 17.6 Å². The molecule has 0 atom stereocenters. The average Bonchev–Trinajstić information content (AvgIpc) is 2.50. The molecule has 21 heavy (non-hydrogen) atoms. The van der Waals surface area contributed by atoms with Gasteiger partial charge >= 0.3 is 6.09 Å². The first kappa shape index (κ1) is 15.6. The van der Waals surface area contributed by atoms with E-state index >= 15 is 0 Å². The summed E-state index contributed by atoms with van der Waals surface area (Å²) in [5.74, 6) is 0.820. The molecule has 2 rings (SSSR count). The third-order valence-electron chi connectivity index (χ3n) is 3.43. The van der Waals surface area contributed by atoms with Gasteiger partial charge in [0, 0.05) is 5.69 Å². The van der Waals surface area contributed by atoms with Crippen molar-refractivity contribution in [2.75, 3.05) is 25.0 Å². The molecule has 0 saturated carbocycles. The van der Waals surface area contributed by atoms with E-state index in [9.17, 15) is 4.79 Å². The standard InChI is InChI=1S/C16H24N2O3/c1-2-3-12-20-14-6-4-13(5-7-14)18-16(19)21-15-8-10-17-11-9-15/h4-7,15,17H,2-3,8-12H2,1H3,(H,18,19). The highest BCUT2D eigenvalue weighted by atomic mass is 16.6. The number of anilines is 1. The van der Waals surface area contributed by atoms with Crippen LogP contribution in [0.3, 0.4) is 0 Å². The van der Waals surface area contributed by atoms with Crippen LogP contribution in [0.2, 0.25) is 0 Å². The fourth-order valence-electron chi connectivity index (χ4n) is 2.18. The third-order valence-corrected chi connectivity index (χ3v) is 3.43. The van der Waals surface area contributed by atoms with Crippen LogP contribution in [0.4, 0.5) is 10.5 Å². The lowest BCUT2D eigenvalue weighted by molar-refractivity contribution is 0.0909. The number of unbranched alkanes of at least 4 members (excludes halogenated alkanes) is 1. The fraction of sp³-hybridized carbons (Fsp3) is 0.562. The number of rotatable bonds is 6. The van der Waals surface area contributed by atoms with Gasteiger partial charge in [0.15, 0.2) is 0 Å². The Kier molecular flexibility index (Phi) is 6.34. The van der Waals surface area contributed by atoms with Crippen LogP contribution in [0.5, 0.6) is 5.75 Å². The molecule has 1 aromatic carbocycles. The molecule has 1 amide bonds. The van der Waals surface area contributed by atoms with E-state index in [1.165, 1.54) is 0 Å². The summed E-state index contributed by atoms with van der Waals surface area (Å²) in [7, 11) is 0. The van der Waals surface area contributed by atoms with Crippen molar-refractivity contribution in [1.82, 2.24) is 5.32 Å². The first-order valence-corrected chi connectivity index (χ1v) is 7.69. The lowest BCUT2D eigenvalue weighted by Crippen LogP contribution is -2.34. The van der Waals surface area contributed by atoms with Crippen LogP contribution in [0.15, 0.2) is 24.3 Å². The van der Waals surface area contributed by atoms with Crippen LogP contribution in [-0.2, 0) is 4.74 Å². The Morgan fingerprint density at radius 1 is 1.29 bits per heavy atom. The first-order chi connectivity index (χ1) is 10.3. The summed E-state index contributed by atoms with van der Waals surface area (Å²) in [4.78, 5) is 11.8. The van der Waals surface area contributed by atoms with E-state index in [0.29, 0.717) is 0 Å². The van der Waals surface area contributed by atoms with Gasteiger partial charge in [-0.1, -0.05) is 13.3 Å². The second-order valence-electron chi connectivity index (χ2n) is 5.21. The van der Waals surface area contributed by atoms with Gasteiger partial charge in [0.25, 0.3) is 0 Å². The Hall–Kier alpha value is -1.75. The van der Waals surface area contributed by atoms with Gasteiger partial charge in [-0.15, -0.1) is 0 Å². The van der Waals surface area contributed by atoms with Crippen molar-refractivity contribution in [3.8, 4) is 5.75 Å². The van der Waals surface area contributed by atoms with Gasteiger partial charge in [0.1, 0.15) is 11.9 Å². The number of hydrogen-bond donors (Lipinski definition) is 2. The van der Waals surface area contributed by atoms with Crippen molar-refractivity contribution in [3.63, 3.8) is 0 Å². The minimum Gasteiger partial charge on any atom is -0.494 e. The van der Waals surface area contributed by atoms with Crippen LogP contribution in [0, 0.1) is 0 Å². The summed E-state index contributed by atoms with van der Waals surface area (Å²) >= 11 is 0. The topological polar surface area (TPSA) is 59.6 Å². The molecule has 1 fully saturated rings. The highest BCUT2D eigenvalue weighted by Gasteiger charge is 2.17. The minimum atomic E-state index is -0.387. The maximum Gasteiger partial charge on any atom is 0.411 e. The molecule has 5 heteroatoms. The van der Waals surface area contributed by atoms with Crippen molar-refractivity contribution in [2.45, 2.75) is 38.7 Å². The van der Waals surface area contributed by atoms with E-state index in [1.807, 2.05) is 24.3 Å². The molecule has 1 aliphatic rings. The SMILES string of the molecule is CCCCOc1ccc(NC(=O)OC2CCNCC2)cc1. The number of nitrogens with one attached hydrogen (secondary N) is 2. The lowest BCUT2D eigenvalue weighted by atomic mass is 10.1. The Morgan fingerprint density at radius 3 is 2.67 bits per heavy atom.